The molecule has 1 saturated carbocycles. The van der Waals surface area contributed by atoms with Gasteiger partial charge in [-0.25, -0.2) is 0 Å². The number of nitrogens with zero attached hydrogens (tertiary/aromatic N) is 1. The number of carbonyl (C=O) groups is 1. The Hall–Kier alpha value is -1.83. The van der Waals surface area contributed by atoms with Crippen molar-refractivity contribution < 1.29 is 24.1 Å². The summed E-state index contributed by atoms with van der Waals surface area (Å²) in [7, 11) is 4.06. The zero-order valence-electron chi connectivity index (χ0n) is 20.6. The van der Waals surface area contributed by atoms with Crippen LogP contribution in [0.4, 0.5) is 0 Å². The molecule has 1 aromatic rings. The lowest BCUT2D eigenvalue weighted by Gasteiger charge is -2.65. The highest BCUT2D eigenvalue weighted by Crippen LogP contribution is 2.66. The van der Waals surface area contributed by atoms with Crippen molar-refractivity contribution in [3.05, 3.63) is 23.3 Å². The van der Waals surface area contributed by atoms with Crippen LogP contribution in [0.3, 0.4) is 0 Å². The molecule has 0 unspecified atom stereocenters. The molecule has 5 atom stereocenters. The molecule has 182 valence electrons. The molecule has 7 heteroatoms. The van der Waals surface area contributed by atoms with Crippen molar-refractivity contribution in [3.63, 3.8) is 0 Å². The van der Waals surface area contributed by atoms with Gasteiger partial charge in [0.1, 0.15) is 11.7 Å². The van der Waals surface area contributed by atoms with E-state index >= 15 is 0 Å². The second-order valence-corrected chi connectivity index (χ2v) is 11.3. The van der Waals surface area contributed by atoms with Crippen molar-refractivity contribution in [3.8, 4) is 11.5 Å². The molecule has 4 aliphatic rings. The van der Waals surface area contributed by atoms with Gasteiger partial charge in [-0.3, -0.25) is 4.79 Å². The fourth-order valence-electron chi connectivity index (χ4n) is 7.26. The van der Waals surface area contributed by atoms with E-state index in [1.165, 1.54) is 11.1 Å². The molecule has 1 saturated heterocycles. The number of phenolic OH excluding ortho intramolecular Hbond substituents is 1. The molecule has 2 fully saturated rings. The molecule has 0 radical (unpaired) electrons. The van der Waals surface area contributed by atoms with Crippen LogP contribution in [0.25, 0.3) is 0 Å². The first-order valence-electron chi connectivity index (χ1n) is 12.4. The molecule has 2 bridgehead atoms. The fraction of sp³-hybridized carbons (Fsp3) is 0.731. The van der Waals surface area contributed by atoms with Gasteiger partial charge >= 0.3 is 5.97 Å². The van der Waals surface area contributed by atoms with Crippen LogP contribution in [-0.4, -0.2) is 72.6 Å². The number of likely N-dealkylation sites (N-methyl/N-ethyl adjacent to an activating group) is 1. The van der Waals surface area contributed by atoms with Crippen molar-refractivity contribution >= 4 is 5.97 Å². The Bertz CT molecular complexity index is 943. The maximum absolute atomic E-state index is 12.1. The Morgan fingerprint density at radius 2 is 2.12 bits per heavy atom. The highest BCUT2D eigenvalue weighted by Gasteiger charge is 2.73. The number of carbonyl (C=O) groups excluding carboxylic acids is 1. The van der Waals surface area contributed by atoms with Crippen LogP contribution in [0.5, 0.6) is 11.5 Å². The Balaban J connectivity index is 1.40. The van der Waals surface area contributed by atoms with Gasteiger partial charge in [-0.1, -0.05) is 6.07 Å². The van der Waals surface area contributed by atoms with Crippen LogP contribution in [0.2, 0.25) is 0 Å². The van der Waals surface area contributed by atoms with E-state index in [1.807, 2.05) is 27.9 Å². The second kappa shape index (κ2) is 7.85. The molecule has 2 aliphatic heterocycles. The highest BCUT2D eigenvalue weighted by atomic mass is 16.6. The minimum Gasteiger partial charge on any atom is -0.504 e. The predicted octanol–water partition coefficient (Wildman–Crippen LogP) is 2.91. The topological polar surface area (TPSA) is 80.3 Å². The summed E-state index contributed by atoms with van der Waals surface area (Å²) in [5.41, 5.74) is 1.40. The van der Waals surface area contributed by atoms with Gasteiger partial charge in [0, 0.05) is 31.2 Å². The summed E-state index contributed by atoms with van der Waals surface area (Å²) in [6.45, 7) is 7.38. The lowest BCUT2D eigenvalue weighted by atomic mass is 9.48. The monoisotopic (exact) mass is 458 g/mol. The Morgan fingerprint density at radius 3 is 2.85 bits per heavy atom. The van der Waals surface area contributed by atoms with Crippen molar-refractivity contribution in [2.24, 2.45) is 0 Å². The number of aromatic hydroxyl groups is 1. The lowest BCUT2D eigenvalue weighted by molar-refractivity contribution is -0.203. The molecule has 2 aliphatic carbocycles. The molecule has 2 N–H and O–H groups in total. The summed E-state index contributed by atoms with van der Waals surface area (Å²) in [5, 5.41) is 14.4. The van der Waals surface area contributed by atoms with Gasteiger partial charge in [-0.15, -0.1) is 0 Å². The van der Waals surface area contributed by atoms with Crippen LogP contribution in [0.1, 0.15) is 64.0 Å². The molecule has 1 spiro atoms. The van der Waals surface area contributed by atoms with E-state index in [0.29, 0.717) is 18.2 Å². The summed E-state index contributed by atoms with van der Waals surface area (Å²) >= 11 is 0. The molecular weight excluding hydrogens is 420 g/mol. The average molecular weight is 459 g/mol. The third-order valence-electron chi connectivity index (χ3n) is 8.44. The lowest BCUT2D eigenvalue weighted by Crippen LogP contribution is -2.78. The summed E-state index contributed by atoms with van der Waals surface area (Å²) in [5.74, 6) is 0.724. The molecule has 7 nitrogen and oxygen atoms in total. The molecule has 0 aromatic heterocycles. The van der Waals surface area contributed by atoms with Gasteiger partial charge in [-0.2, -0.15) is 0 Å². The summed E-state index contributed by atoms with van der Waals surface area (Å²) < 4.78 is 18.5. The van der Waals surface area contributed by atoms with E-state index < -0.39 is 5.60 Å². The van der Waals surface area contributed by atoms with E-state index in [2.05, 4.69) is 23.3 Å². The molecule has 2 heterocycles. The summed E-state index contributed by atoms with van der Waals surface area (Å²) in [6.07, 6.45) is 4.74. The van der Waals surface area contributed by atoms with E-state index in [9.17, 15) is 9.90 Å². The first-order chi connectivity index (χ1) is 15.6. The smallest absolute Gasteiger partial charge is 0.306 e. The number of rotatable bonds is 6. The third kappa shape index (κ3) is 3.30. The van der Waals surface area contributed by atoms with Gasteiger partial charge < -0.3 is 29.5 Å². The maximum Gasteiger partial charge on any atom is 0.306 e. The first kappa shape index (κ1) is 22.9. The first-order valence-corrected chi connectivity index (χ1v) is 12.4. The molecule has 5 rings (SSSR count). The SMILES string of the molecule is CO[C@@]12CC[C@@H](NCCCC(=O)OC(C)(C)C)[C@@H]3Oc4c(O)ccc5c4[C@@]31CCN(C)[C@@H]2C5. The fourth-order valence-corrected chi connectivity index (χ4v) is 7.26. The largest absolute Gasteiger partial charge is 0.504 e. The summed E-state index contributed by atoms with van der Waals surface area (Å²) in [6, 6.07) is 4.28. The van der Waals surface area contributed by atoms with Crippen molar-refractivity contribution in [2.45, 2.75) is 94.1 Å². The van der Waals surface area contributed by atoms with E-state index in [-0.39, 0.29) is 34.9 Å². The zero-order chi connectivity index (χ0) is 23.6. The number of ether oxygens (including phenoxy) is 3. The van der Waals surface area contributed by atoms with Crippen LogP contribution in [0, 0.1) is 0 Å². The minimum atomic E-state index is -0.453. The van der Waals surface area contributed by atoms with Crippen LogP contribution >= 0.6 is 0 Å². The number of nitrogens with one attached hydrogen (secondary N) is 1. The quantitative estimate of drug-likeness (QED) is 0.501. The number of likely N-dealkylation sites (tertiary alicyclic amines) is 1. The van der Waals surface area contributed by atoms with Crippen molar-refractivity contribution in [1.29, 1.82) is 0 Å². The standard InChI is InChI=1S/C26H38N2O5/c1-24(2,3)33-20(30)7-6-13-27-17-10-11-26(31-5)19-15-16-8-9-18(29)22-21(16)25(26,23(17)32-22)12-14-28(19)4/h8-9,17,19,23,27,29H,6-7,10-15H2,1-5H3/t17-,19-,23+,25+,26-/m1/s1. The molecular formula is C26H38N2O5. The van der Waals surface area contributed by atoms with Crippen LogP contribution in [0.15, 0.2) is 12.1 Å². The average Bonchev–Trinajstić information content (AvgIpc) is 3.10. The van der Waals surface area contributed by atoms with Crippen LogP contribution in [-0.2, 0) is 26.1 Å². The van der Waals surface area contributed by atoms with E-state index in [1.54, 1.807) is 6.07 Å². The van der Waals surface area contributed by atoms with Crippen molar-refractivity contribution in [2.75, 3.05) is 27.2 Å². The maximum atomic E-state index is 12.1. The number of phenols is 1. The number of methoxy groups -OCH3 is 1. The van der Waals surface area contributed by atoms with E-state index in [4.69, 9.17) is 14.2 Å². The summed E-state index contributed by atoms with van der Waals surface area (Å²) in [4.78, 5) is 14.5. The normalized spacial score (nSPS) is 34.5. The number of esters is 1. The zero-order valence-corrected chi connectivity index (χ0v) is 20.6. The number of benzene rings is 1. The molecule has 33 heavy (non-hydrogen) atoms. The van der Waals surface area contributed by atoms with Gasteiger partial charge in [0.25, 0.3) is 0 Å². The number of hydrogen-bond acceptors (Lipinski definition) is 7. The van der Waals surface area contributed by atoms with Gasteiger partial charge in [0.15, 0.2) is 11.5 Å². The Kier molecular flexibility index (Phi) is 5.46. The van der Waals surface area contributed by atoms with Gasteiger partial charge in [-0.05, 0) is 84.6 Å². The van der Waals surface area contributed by atoms with Crippen molar-refractivity contribution in [1.82, 2.24) is 10.2 Å². The molecule has 0 amide bonds. The molecule has 1 aromatic carbocycles. The third-order valence-corrected chi connectivity index (χ3v) is 8.44. The minimum absolute atomic E-state index is 0.105. The number of piperidine rings is 1. The predicted molar refractivity (Wildman–Crippen MR) is 125 cm³/mol. The Labute approximate surface area is 196 Å². The van der Waals surface area contributed by atoms with E-state index in [0.717, 1.165) is 45.2 Å². The van der Waals surface area contributed by atoms with Gasteiger partial charge in [0.2, 0.25) is 0 Å². The van der Waals surface area contributed by atoms with Crippen LogP contribution < -0.4 is 10.1 Å². The Morgan fingerprint density at radius 1 is 1.33 bits per heavy atom. The second-order valence-electron chi connectivity index (χ2n) is 11.3. The van der Waals surface area contributed by atoms with Gasteiger partial charge in [0.05, 0.1) is 11.0 Å². The number of hydrogen-bond donors (Lipinski definition) is 2. The highest BCUT2D eigenvalue weighted by molar-refractivity contribution is 5.69.